The molecule has 0 saturated carbocycles. The van der Waals surface area contributed by atoms with E-state index in [1.165, 1.54) is 0 Å². The van der Waals surface area contributed by atoms with E-state index in [9.17, 15) is 4.79 Å². The Morgan fingerprint density at radius 2 is 2.17 bits per heavy atom. The van der Waals surface area contributed by atoms with Crippen LogP contribution >= 0.6 is 24.0 Å². The summed E-state index contributed by atoms with van der Waals surface area (Å²) < 4.78 is 5.38. The van der Waals surface area contributed by atoms with Crippen LogP contribution in [0.25, 0.3) is 0 Å². The number of ether oxygens (including phenoxy) is 1. The Bertz CT molecular complexity index is 578. The Morgan fingerprint density at radius 1 is 1.42 bits per heavy atom. The summed E-state index contributed by atoms with van der Waals surface area (Å²) in [5.74, 6) is 0.323. The van der Waals surface area contributed by atoms with Crippen LogP contribution in [0, 0.1) is 0 Å². The van der Waals surface area contributed by atoms with Gasteiger partial charge >= 0.3 is 0 Å². The number of guanidine groups is 1. The van der Waals surface area contributed by atoms with E-state index in [1.54, 1.807) is 0 Å². The summed E-state index contributed by atoms with van der Waals surface area (Å²) in [5.41, 5.74) is 7.47. The van der Waals surface area contributed by atoms with Gasteiger partial charge in [-0.05, 0) is 51.3 Å². The van der Waals surface area contributed by atoms with Crippen molar-refractivity contribution in [3.05, 3.63) is 29.8 Å². The second-order valence-corrected chi connectivity index (χ2v) is 6.77. The first-order chi connectivity index (χ1) is 10.8. The minimum atomic E-state index is -0.330. The molecule has 2 rings (SSSR count). The van der Waals surface area contributed by atoms with Gasteiger partial charge in [-0.1, -0.05) is 12.1 Å². The van der Waals surface area contributed by atoms with Crippen LogP contribution in [0.1, 0.15) is 39.2 Å². The predicted molar refractivity (Wildman–Crippen MR) is 108 cm³/mol. The number of amides is 1. The highest BCUT2D eigenvalue weighted by molar-refractivity contribution is 14.0. The monoisotopic (exact) mass is 446 g/mol. The van der Waals surface area contributed by atoms with E-state index in [4.69, 9.17) is 10.5 Å². The second kappa shape index (κ2) is 9.22. The highest BCUT2D eigenvalue weighted by atomic mass is 127. The fourth-order valence-corrected chi connectivity index (χ4v) is 2.35. The topological polar surface area (TPSA) is 88.7 Å². The zero-order valence-electron chi connectivity index (χ0n) is 14.5. The van der Waals surface area contributed by atoms with Crippen molar-refractivity contribution < 1.29 is 9.53 Å². The normalized spacial score (nSPS) is 18.0. The number of nitrogens with one attached hydrogen (secondary N) is 2. The Hall–Kier alpha value is -1.35. The fraction of sp³-hybridized carbons (Fsp3) is 0.529. The Morgan fingerprint density at radius 3 is 2.79 bits per heavy atom. The number of benzene rings is 1. The molecular weight excluding hydrogens is 419 g/mol. The van der Waals surface area contributed by atoms with Crippen molar-refractivity contribution in [3.8, 4) is 0 Å². The Balaban J connectivity index is 0.00000288. The zero-order valence-corrected chi connectivity index (χ0v) is 16.8. The molecule has 24 heavy (non-hydrogen) atoms. The van der Waals surface area contributed by atoms with Crippen molar-refractivity contribution in [1.82, 2.24) is 5.32 Å². The molecule has 1 atom stereocenters. The number of carbonyl (C=O) groups is 1. The van der Waals surface area contributed by atoms with Crippen molar-refractivity contribution in [2.45, 2.75) is 51.8 Å². The van der Waals surface area contributed by atoms with Crippen molar-refractivity contribution in [3.63, 3.8) is 0 Å². The average Bonchev–Trinajstić information content (AvgIpc) is 2.98. The van der Waals surface area contributed by atoms with Gasteiger partial charge in [0.25, 0.3) is 5.91 Å². The van der Waals surface area contributed by atoms with Crippen LogP contribution in [0.4, 0.5) is 5.69 Å². The molecule has 1 saturated heterocycles. The molecule has 1 heterocycles. The van der Waals surface area contributed by atoms with E-state index in [1.807, 2.05) is 45.0 Å². The lowest BCUT2D eigenvalue weighted by atomic mass is 10.1. The molecule has 134 valence electrons. The van der Waals surface area contributed by atoms with E-state index in [2.05, 4.69) is 15.6 Å². The lowest BCUT2D eigenvalue weighted by Gasteiger charge is -2.21. The summed E-state index contributed by atoms with van der Waals surface area (Å²) in [5, 5.41) is 6.01. The maximum atomic E-state index is 12.1. The van der Waals surface area contributed by atoms with Crippen LogP contribution in [0.2, 0.25) is 0 Å². The molecule has 1 aliphatic heterocycles. The lowest BCUT2D eigenvalue weighted by Crippen LogP contribution is -2.44. The van der Waals surface area contributed by atoms with Gasteiger partial charge in [0, 0.05) is 17.8 Å². The fourth-order valence-electron chi connectivity index (χ4n) is 2.35. The number of hydrogen-bond donors (Lipinski definition) is 3. The molecule has 0 aromatic heterocycles. The maximum absolute atomic E-state index is 12.1. The van der Waals surface area contributed by atoms with Gasteiger partial charge in [0.2, 0.25) is 0 Å². The zero-order chi connectivity index (χ0) is 16.9. The Kier molecular flexibility index (Phi) is 7.95. The van der Waals surface area contributed by atoms with Gasteiger partial charge in [0.05, 0.1) is 6.54 Å². The van der Waals surface area contributed by atoms with E-state index < -0.39 is 0 Å². The SMILES string of the molecule is CC(C)(C)NC(N)=NCc1cccc(NC(=O)C2CCCO2)c1.I. The molecule has 7 heteroatoms. The third-order valence-corrected chi connectivity index (χ3v) is 3.35. The number of aliphatic imine (C=N–C) groups is 1. The van der Waals surface area contributed by atoms with Gasteiger partial charge < -0.3 is 21.1 Å². The number of hydrogen-bond acceptors (Lipinski definition) is 3. The van der Waals surface area contributed by atoms with Crippen molar-refractivity contribution in [2.75, 3.05) is 11.9 Å². The summed E-state index contributed by atoms with van der Waals surface area (Å²) in [7, 11) is 0. The largest absolute Gasteiger partial charge is 0.370 e. The number of nitrogens with zero attached hydrogens (tertiary/aromatic N) is 1. The van der Waals surface area contributed by atoms with Crippen LogP contribution in [0.3, 0.4) is 0 Å². The molecule has 6 nitrogen and oxygen atoms in total. The molecular formula is C17H27IN4O2. The summed E-state index contributed by atoms with van der Waals surface area (Å²) in [6.07, 6.45) is 1.39. The number of anilines is 1. The molecule has 1 unspecified atom stereocenters. The molecule has 1 aliphatic rings. The second-order valence-electron chi connectivity index (χ2n) is 6.77. The highest BCUT2D eigenvalue weighted by Crippen LogP contribution is 2.16. The van der Waals surface area contributed by atoms with Crippen molar-refractivity contribution in [1.29, 1.82) is 0 Å². The van der Waals surface area contributed by atoms with Crippen LogP contribution in [0.15, 0.2) is 29.3 Å². The third-order valence-electron chi connectivity index (χ3n) is 3.35. The summed E-state index contributed by atoms with van der Waals surface area (Å²) >= 11 is 0. The molecule has 1 amide bonds. The summed E-state index contributed by atoms with van der Waals surface area (Å²) in [4.78, 5) is 16.4. The predicted octanol–water partition coefficient (Wildman–Crippen LogP) is 2.62. The van der Waals surface area contributed by atoms with Crippen LogP contribution in [-0.2, 0) is 16.1 Å². The molecule has 0 aliphatic carbocycles. The first-order valence-corrected chi connectivity index (χ1v) is 7.93. The molecule has 1 aromatic rings. The molecule has 0 spiro atoms. The third kappa shape index (κ3) is 7.04. The van der Waals surface area contributed by atoms with Gasteiger partial charge in [-0.25, -0.2) is 4.99 Å². The maximum Gasteiger partial charge on any atom is 0.253 e. The van der Waals surface area contributed by atoms with E-state index in [-0.39, 0.29) is 41.5 Å². The van der Waals surface area contributed by atoms with Crippen LogP contribution < -0.4 is 16.4 Å². The van der Waals surface area contributed by atoms with Gasteiger partial charge in [0.1, 0.15) is 6.10 Å². The average molecular weight is 446 g/mol. The summed E-state index contributed by atoms with van der Waals surface area (Å²) in [6.45, 7) is 7.19. The van der Waals surface area contributed by atoms with Gasteiger partial charge in [-0.3, -0.25) is 4.79 Å². The minimum absolute atomic E-state index is 0. The first-order valence-electron chi connectivity index (χ1n) is 7.93. The van der Waals surface area contributed by atoms with Crippen molar-refractivity contribution in [2.24, 2.45) is 10.7 Å². The lowest BCUT2D eigenvalue weighted by molar-refractivity contribution is -0.124. The smallest absolute Gasteiger partial charge is 0.253 e. The highest BCUT2D eigenvalue weighted by Gasteiger charge is 2.23. The van der Waals surface area contributed by atoms with E-state index in [0.29, 0.717) is 19.1 Å². The number of rotatable bonds is 4. The van der Waals surface area contributed by atoms with Gasteiger partial charge in [0.15, 0.2) is 5.96 Å². The number of nitrogens with two attached hydrogens (primary N) is 1. The van der Waals surface area contributed by atoms with Crippen LogP contribution in [0.5, 0.6) is 0 Å². The Labute approximate surface area is 160 Å². The van der Waals surface area contributed by atoms with E-state index >= 15 is 0 Å². The number of halogens is 1. The van der Waals surface area contributed by atoms with Gasteiger partial charge in [-0.2, -0.15) is 0 Å². The van der Waals surface area contributed by atoms with Gasteiger partial charge in [-0.15, -0.1) is 24.0 Å². The minimum Gasteiger partial charge on any atom is -0.370 e. The quantitative estimate of drug-likeness (QED) is 0.377. The molecule has 0 radical (unpaired) electrons. The molecule has 0 bridgehead atoms. The van der Waals surface area contributed by atoms with E-state index in [0.717, 1.165) is 24.1 Å². The van der Waals surface area contributed by atoms with Crippen LogP contribution in [-0.4, -0.2) is 30.1 Å². The molecule has 1 fully saturated rings. The standard InChI is InChI=1S/C17H26N4O2.HI/c1-17(2,3)21-16(18)19-11-12-6-4-7-13(10-12)20-15(22)14-8-5-9-23-14;/h4,6-7,10,14H,5,8-9,11H2,1-3H3,(H,20,22)(H3,18,19,21);1H. The first kappa shape index (κ1) is 20.7. The molecule has 1 aromatic carbocycles. The number of carbonyl (C=O) groups excluding carboxylic acids is 1. The summed E-state index contributed by atoms with van der Waals surface area (Å²) in [6, 6.07) is 7.61. The van der Waals surface area contributed by atoms with Crippen molar-refractivity contribution >= 4 is 41.5 Å². The molecule has 4 N–H and O–H groups in total.